The van der Waals surface area contributed by atoms with Gasteiger partial charge >= 0.3 is 0 Å². The lowest BCUT2D eigenvalue weighted by Gasteiger charge is -1.48. The molecule has 0 aliphatic rings. The number of hydrogen-bond acceptors (Lipinski definition) is 1. The Hall–Kier alpha value is 0.177. The molecule has 0 bridgehead atoms. The van der Waals surface area contributed by atoms with Gasteiger partial charge in [0.2, 0.25) is 0 Å². The molecule has 0 aromatic carbocycles. The van der Waals surface area contributed by atoms with E-state index in [9.17, 15) is 0 Å². The zero-order chi connectivity index (χ0) is 4.71. The monoisotopic (exact) mass is 92.1 g/mol. The fraction of sp³-hybridized carbons (Fsp3) is 1.00. The van der Waals surface area contributed by atoms with Crippen LogP contribution < -0.4 is 0 Å². The molecule has 0 saturated heterocycles. The Kier molecular flexibility index (Phi) is 54.5. The molecule has 1 nitrogen and oxygen atoms in total. The predicted molar refractivity (Wildman–Crippen MR) is 28.1 cm³/mol. The summed E-state index contributed by atoms with van der Waals surface area (Å²) in [6, 6.07) is 0. The number of rotatable bonds is 0. The van der Waals surface area contributed by atoms with Gasteiger partial charge in [-0.2, -0.15) is 0 Å². The first kappa shape index (κ1) is 8.95. The van der Waals surface area contributed by atoms with Gasteiger partial charge in [-0.1, -0.05) is 20.3 Å². The lowest BCUT2D eigenvalue weighted by Crippen LogP contribution is -1.34. The largest absolute Gasteiger partial charge is 0.442 e. The second kappa shape index (κ2) is 30.4. The highest BCUT2D eigenvalue weighted by Crippen LogP contribution is 1.56. The second-order valence-corrected chi connectivity index (χ2v) is 0.707. The van der Waals surface area contributed by atoms with Gasteiger partial charge < -0.3 is 4.80 Å². The molecule has 0 aromatic heterocycles. The third-order valence-corrected chi connectivity index (χ3v) is 0. The second-order valence-electron chi connectivity index (χ2n) is 0.707. The SMILES string of the molecule is CCC.O[SiH3]. The zero-order valence-electron chi connectivity index (χ0n) is 4.15. The van der Waals surface area contributed by atoms with E-state index in [2.05, 4.69) is 13.8 Å². The smallest absolute Gasteiger partial charge is 0.141 e. The molecular formula is C3H12OSi. The Morgan fingerprint density at radius 1 is 1.40 bits per heavy atom. The summed E-state index contributed by atoms with van der Waals surface area (Å²) in [5.41, 5.74) is 0. The average molecular weight is 92.2 g/mol. The maximum absolute atomic E-state index is 7.14. The van der Waals surface area contributed by atoms with E-state index < -0.39 is 0 Å². The fourth-order valence-corrected chi connectivity index (χ4v) is 0. The summed E-state index contributed by atoms with van der Waals surface area (Å²) in [5.74, 6) is 0. The molecule has 1 N–H and O–H groups in total. The standard InChI is InChI=1S/C3H8.H4OSi/c1-3-2;1-2/h3H2,1-2H3;1H,2H3. The number of hydrogen-bond donors (Lipinski definition) is 1. The Morgan fingerprint density at radius 2 is 1.40 bits per heavy atom. The highest BCUT2D eigenvalue weighted by Gasteiger charge is 1.35. The topological polar surface area (TPSA) is 20.2 Å². The molecule has 2 heteroatoms. The van der Waals surface area contributed by atoms with Gasteiger partial charge in [-0.25, -0.2) is 0 Å². The van der Waals surface area contributed by atoms with Crippen LogP contribution in [0, 0.1) is 0 Å². The van der Waals surface area contributed by atoms with Crippen molar-refractivity contribution in [3.8, 4) is 0 Å². The van der Waals surface area contributed by atoms with Crippen LogP contribution >= 0.6 is 0 Å². The molecule has 0 saturated carbocycles. The van der Waals surface area contributed by atoms with E-state index in [0.29, 0.717) is 10.5 Å². The summed E-state index contributed by atoms with van der Waals surface area (Å²) in [4.78, 5) is 7.14. The lowest BCUT2D eigenvalue weighted by molar-refractivity contribution is 0.629. The molecule has 5 heavy (non-hydrogen) atoms. The van der Waals surface area contributed by atoms with Crippen molar-refractivity contribution in [2.24, 2.45) is 0 Å². The maximum Gasteiger partial charge on any atom is 0.141 e. The van der Waals surface area contributed by atoms with Crippen molar-refractivity contribution in [2.75, 3.05) is 0 Å². The van der Waals surface area contributed by atoms with E-state index in [1.807, 2.05) is 0 Å². The molecule has 0 fully saturated rings. The van der Waals surface area contributed by atoms with Crippen LogP contribution in [-0.2, 0) is 0 Å². The van der Waals surface area contributed by atoms with Crippen LogP contribution in [0.15, 0.2) is 0 Å². The van der Waals surface area contributed by atoms with Crippen LogP contribution in [0.4, 0.5) is 0 Å². The minimum atomic E-state index is 0.306. The molecule has 0 aliphatic carbocycles. The summed E-state index contributed by atoms with van der Waals surface area (Å²) < 4.78 is 0. The Balaban J connectivity index is 0. The maximum atomic E-state index is 7.14. The minimum absolute atomic E-state index is 0.306. The van der Waals surface area contributed by atoms with E-state index in [1.165, 1.54) is 6.42 Å². The van der Waals surface area contributed by atoms with Crippen LogP contribution in [0.25, 0.3) is 0 Å². The van der Waals surface area contributed by atoms with E-state index in [4.69, 9.17) is 4.80 Å². The first-order valence-electron chi connectivity index (χ1n) is 1.86. The minimum Gasteiger partial charge on any atom is -0.442 e. The van der Waals surface area contributed by atoms with Gasteiger partial charge in [0, 0.05) is 0 Å². The first-order chi connectivity index (χ1) is 2.41. The highest BCUT2D eigenvalue weighted by molar-refractivity contribution is 5.95. The van der Waals surface area contributed by atoms with Crippen molar-refractivity contribution < 1.29 is 4.80 Å². The van der Waals surface area contributed by atoms with Crippen molar-refractivity contribution in [3.63, 3.8) is 0 Å². The van der Waals surface area contributed by atoms with Crippen LogP contribution in [0.1, 0.15) is 20.3 Å². The molecule has 0 atom stereocenters. The molecular weight excluding hydrogens is 80.1 g/mol. The molecule has 0 aromatic rings. The summed E-state index contributed by atoms with van der Waals surface area (Å²) in [7, 11) is 0.306. The van der Waals surface area contributed by atoms with Crippen molar-refractivity contribution in [1.82, 2.24) is 0 Å². The molecule has 0 unspecified atom stereocenters. The highest BCUT2D eigenvalue weighted by atomic mass is 28.2. The molecule has 0 radical (unpaired) electrons. The molecule has 0 aliphatic heterocycles. The fourth-order valence-electron chi connectivity index (χ4n) is 0. The van der Waals surface area contributed by atoms with Crippen molar-refractivity contribution >= 4 is 10.5 Å². The zero-order valence-corrected chi connectivity index (χ0v) is 6.15. The van der Waals surface area contributed by atoms with Crippen molar-refractivity contribution in [2.45, 2.75) is 20.3 Å². The molecule has 0 heterocycles. The molecule has 34 valence electrons. The van der Waals surface area contributed by atoms with Crippen LogP contribution in [0.2, 0.25) is 0 Å². The Morgan fingerprint density at radius 3 is 1.40 bits per heavy atom. The molecule has 0 rings (SSSR count). The van der Waals surface area contributed by atoms with Crippen molar-refractivity contribution in [1.29, 1.82) is 0 Å². The Bertz CT molecular complexity index is 6.85. The van der Waals surface area contributed by atoms with Crippen LogP contribution in [0.3, 0.4) is 0 Å². The van der Waals surface area contributed by atoms with E-state index in [1.54, 1.807) is 0 Å². The van der Waals surface area contributed by atoms with Gasteiger partial charge in [0.25, 0.3) is 0 Å². The lowest BCUT2D eigenvalue weighted by atomic mass is 10.6. The quantitative estimate of drug-likeness (QED) is 0.406. The molecule has 0 amide bonds. The van der Waals surface area contributed by atoms with Gasteiger partial charge in [0.05, 0.1) is 0 Å². The van der Waals surface area contributed by atoms with Gasteiger partial charge in [-0.3, -0.25) is 0 Å². The van der Waals surface area contributed by atoms with Crippen LogP contribution in [0.5, 0.6) is 0 Å². The van der Waals surface area contributed by atoms with Gasteiger partial charge in [-0.15, -0.1) is 0 Å². The first-order valence-corrected chi connectivity index (χ1v) is 2.76. The Labute approximate surface area is 36.6 Å². The van der Waals surface area contributed by atoms with E-state index >= 15 is 0 Å². The summed E-state index contributed by atoms with van der Waals surface area (Å²) >= 11 is 0. The van der Waals surface area contributed by atoms with Gasteiger partial charge in [0.15, 0.2) is 0 Å². The predicted octanol–water partition coefficient (Wildman–Crippen LogP) is -0.325. The third kappa shape index (κ3) is 633. The summed E-state index contributed by atoms with van der Waals surface area (Å²) in [6.45, 7) is 4.25. The van der Waals surface area contributed by atoms with E-state index in [-0.39, 0.29) is 0 Å². The van der Waals surface area contributed by atoms with E-state index in [0.717, 1.165) is 0 Å². The summed E-state index contributed by atoms with van der Waals surface area (Å²) in [6.07, 6.45) is 1.25. The normalized spacial score (nSPS) is 5.40. The van der Waals surface area contributed by atoms with Crippen LogP contribution in [-0.4, -0.2) is 15.3 Å². The van der Waals surface area contributed by atoms with Gasteiger partial charge in [0.1, 0.15) is 10.5 Å². The molecule has 0 spiro atoms. The van der Waals surface area contributed by atoms with Gasteiger partial charge in [-0.05, 0) is 0 Å². The third-order valence-electron chi connectivity index (χ3n) is 0. The van der Waals surface area contributed by atoms with Crippen molar-refractivity contribution in [3.05, 3.63) is 0 Å². The summed E-state index contributed by atoms with van der Waals surface area (Å²) in [5, 5.41) is 0. The average Bonchev–Trinajstić information content (AvgIpc) is 1.46.